The molecule has 0 aliphatic carbocycles. The van der Waals surface area contributed by atoms with E-state index in [0.29, 0.717) is 6.04 Å². The van der Waals surface area contributed by atoms with Gasteiger partial charge in [-0.3, -0.25) is 0 Å². The number of likely N-dealkylation sites (N-methyl/N-ethyl adjacent to an activating group) is 1. The molecular weight excluding hydrogens is 177 g/mol. The van der Waals surface area contributed by atoms with E-state index in [-0.39, 0.29) is 11.7 Å². The molecule has 0 amide bonds. The quantitative estimate of drug-likeness (QED) is 0.779. The Kier molecular flexibility index (Phi) is 4.08. The van der Waals surface area contributed by atoms with Crippen molar-refractivity contribution in [3.63, 3.8) is 0 Å². The molecule has 0 aromatic heterocycles. The lowest BCUT2D eigenvalue weighted by atomic mass is 9.94. The minimum atomic E-state index is -0.107. The van der Waals surface area contributed by atoms with E-state index < -0.39 is 0 Å². The van der Waals surface area contributed by atoms with Gasteiger partial charge in [0, 0.05) is 6.04 Å². The van der Waals surface area contributed by atoms with Crippen LogP contribution < -0.4 is 5.32 Å². The molecule has 78 valence electrons. The highest BCUT2D eigenvalue weighted by Crippen LogP contribution is 2.21. The second kappa shape index (κ2) is 5.11. The van der Waals surface area contributed by atoms with Crippen molar-refractivity contribution in [3.05, 3.63) is 35.6 Å². The molecule has 1 rings (SSSR count). The highest BCUT2D eigenvalue weighted by atomic mass is 19.1. The van der Waals surface area contributed by atoms with Crippen LogP contribution in [0.15, 0.2) is 24.3 Å². The fraction of sp³-hybridized carbons (Fsp3) is 0.500. The molecule has 1 aromatic carbocycles. The van der Waals surface area contributed by atoms with Gasteiger partial charge in [-0.05, 0) is 31.0 Å². The van der Waals surface area contributed by atoms with Gasteiger partial charge in [-0.2, -0.15) is 0 Å². The van der Waals surface area contributed by atoms with Crippen LogP contribution in [-0.2, 0) is 0 Å². The Hall–Kier alpha value is -0.890. The number of rotatable bonds is 4. The van der Waals surface area contributed by atoms with Crippen molar-refractivity contribution in [1.29, 1.82) is 0 Å². The summed E-state index contributed by atoms with van der Waals surface area (Å²) in [6, 6.07) is 7.28. The van der Waals surface area contributed by atoms with E-state index in [4.69, 9.17) is 0 Å². The van der Waals surface area contributed by atoms with Crippen molar-refractivity contribution < 1.29 is 4.39 Å². The van der Waals surface area contributed by atoms with Gasteiger partial charge in [0.2, 0.25) is 0 Å². The van der Waals surface area contributed by atoms with Gasteiger partial charge in [0.1, 0.15) is 5.82 Å². The van der Waals surface area contributed by atoms with Crippen LogP contribution in [0.2, 0.25) is 0 Å². The molecule has 1 aromatic rings. The molecule has 0 fully saturated rings. The van der Waals surface area contributed by atoms with E-state index >= 15 is 0 Å². The van der Waals surface area contributed by atoms with Gasteiger partial charge in [-0.15, -0.1) is 0 Å². The third-order valence-electron chi connectivity index (χ3n) is 2.67. The summed E-state index contributed by atoms with van der Waals surface area (Å²) >= 11 is 0. The van der Waals surface area contributed by atoms with Crippen LogP contribution in [0.3, 0.4) is 0 Å². The second-order valence-electron chi connectivity index (χ2n) is 3.66. The molecule has 1 N–H and O–H groups in total. The number of hydrogen-bond donors (Lipinski definition) is 1. The van der Waals surface area contributed by atoms with Gasteiger partial charge in [-0.1, -0.05) is 32.0 Å². The molecule has 0 saturated carbocycles. The topological polar surface area (TPSA) is 12.0 Å². The Balaban J connectivity index is 2.78. The van der Waals surface area contributed by atoms with Gasteiger partial charge < -0.3 is 5.32 Å². The maximum atomic E-state index is 13.4. The summed E-state index contributed by atoms with van der Waals surface area (Å²) in [6.45, 7) is 7.11. The monoisotopic (exact) mass is 195 g/mol. The SMILES string of the molecule is CCNC(C)C(C)c1ccccc1F. The van der Waals surface area contributed by atoms with Gasteiger partial charge in [0.05, 0.1) is 0 Å². The maximum absolute atomic E-state index is 13.4. The Labute approximate surface area is 85.3 Å². The summed E-state index contributed by atoms with van der Waals surface area (Å²) in [4.78, 5) is 0. The lowest BCUT2D eigenvalue weighted by molar-refractivity contribution is 0.476. The molecule has 0 heterocycles. The van der Waals surface area contributed by atoms with Crippen LogP contribution in [0.1, 0.15) is 32.3 Å². The molecule has 0 saturated heterocycles. The lowest BCUT2D eigenvalue weighted by Gasteiger charge is -2.21. The fourth-order valence-electron chi connectivity index (χ4n) is 1.61. The summed E-state index contributed by atoms with van der Waals surface area (Å²) in [5, 5.41) is 3.30. The summed E-state index contributed by atoms with van der Waals surface area (Å²) in [6.07, 6.45) is 0. The van der Waals surface area contributed by atoms with E-state index in [1.165, 1.54) is 6.07 Å². The Morgan fingerprint density at radius 1 is 1.29 bits per heavy atom. The second-order valence-corrected chi connectivity index (χ2v) is 3.66. The molecule has 0 aliphatic rings. The highest BCUT2D eigenvalue weighted by molar-refractivity contribution is 5.22. The van der Waals surface area contributed by atoms with Crippen molar-refractivity contribution in [3.8, 4) is 0 Å². The van der Waals surface area contributed by atoms with E-state index in [9.17, 15) is 4.39 Å². The number of halogens is 1. The first-order valence-electron chi connectivity index (χ1n) is 5.14. The molecule has 2 atom stereocenters. The molecule has 2 unspecified atom stereocenters. The van der Waals surface area contributed by atoms with Gasteiger partial charge in [0.15, 0.2) is 0 Å². The van der Waals surface area contributed by atoms with E-state index in [1.54, 1.807) is 6.07 Å². The normalized spacial score (nSPS) is 15.1. The molecule has 14 heavy (non-hydrogen) atoms. The van der Waals surface area contributed by atoms with E-state index in [1.807, 2.05) is 19.1 Å². The third kappa shape index (κ3) is 2.55. The zero-order valence-electron chi connectivity index (χ0n) is 9.05. The minimum absolute atomic E-state index is 0.107. The Morgan fingerprint density at radius 2 is 1.93 bits per heavy atom. The predicted molar refractivity (Wildman–Crippen MR) is 58.0 cm³/mol. The fourth-order valence-corrected chi connectivity index (χ4v) is 1.61. The molecule has 0 bridgehead atoms. The third-order valence-corrected chi connectivity index (χ3v) is 2.67. The number of benzene rings is 1. The number of nitrogens with one attached hydrogen (secondary N) is 1. The van der Waals surface area contributed by atoms with Gasteiger partial charge in [-0.25, -0.2) is 4.39 Å². The van der Waals surface area contributed by atoms with Crippen molar-refractivity contribution in [1.82, 2.24) is 5.32 Å². The number of hydrogen-bond acceptors (Lipinski definition) is 1. The van der Waals surface area contributed by atoms with Crippen molar-refractivity contribution in [2.45, 2.75) is 32.7 Å². The molecular formula is C12H18FN. The standard InChI is InChI=1S/C12H18FN/c1-4-14-10(3)9(2)11-7-5-6-8-12(11)13/h5-10,14H,4H2,1-3H3. The average Bonchev–Trinajstić information content (AvgIpc) is 2.18. The average molecular weight is 195 g/mol. The van der Waals surface area contributed by atoms with Crippen LogP contribution >= 0.6 is 0 Å². The lowest BCUT2D eigenvalue weighted by Crippen LogP contribution is -2.30. The van der Waals surface area contributed by atoms with E-state index in [0.717, 1.165) is 12.1 Å². The Bertz CT molecular complexity index is 285. The smallest absolute Gasteiger partial charge is 0.126 e. The molecule has 0 radical (unpaired) electrons. The molecule has 0 aliphatic heterocycles. The first kappa shape index (κ1) is 11.2. The van der Waals surface area contributed by atoms with Gasteiger partial charge >= 0.3 is 0 Å². The van der Waals surface area contributed by atoms with Crippen LogP contribution in [0.5, 0.6) is 0 Å². The highest BCUT2D eigenvalue weighted by Gasteiger charge is 2.15. The first-order valence-corrected chi connectivity index (χ1v) is 5.14. The van der Waals surface area contributed by atoms with Crippen LogP contribution in [0.25, 0.3) is 0 Å². The van der Waals surface area contributed by atoms with E-state index in [2.05, 4.69) is 19.2 Å². The van der Waals surface area contributed by atoms with Crippen LogP contribution in [0, 0.1) is 5.82 Å². The molecule has 1 nitrogen and oxygen atoms in total. The largest absolute Gasteiger partial charge is 0.314 e. The first-order chi connectivity index (χ1) is 6.66. The summed E-state index contributed by atoms with van der Waals surface area (Å²) < 4.78 is 13.4. The van der Waals surface area contributed by atoms with Crippen LogP contribution in [0.4, 0.5) is 4.39 Å². The maximum Gasteiger partial charge on any atom is 0.126 e. The zero-order chi connectivity index (χ0) is 10.6. The minimum Gasteiger partial charge on any atom is -0.314 e. The van der Waals surface area contributed by atoms with Crippen LogP contribution in [-0.4, -0.2) is 12.6 Å². The van der Waals surface area contributed by atoms with Crippen molar-refractivity contribution >= 4 is 0 Å². The molecule has 0 spiro atoms. The Morgan fingerprint density at radius 3 is 2.50 bits per heavy atom. The summed E-state index contributed by atoms with van der Waals surface area (Å²) in [7, 11) is 0. The zero-order valence-corrected chi connectivity index (χ0v) is 9.05. The van der Waals surface area contributed by atoms with Crippen molar-refractivity contribution in [2.24, 2.45) is 0 Å². The molecule has 2 heteroatoms. The summed E-state index contributed by atoms with van der Waals surface area (Å²) in [5.74, 6) is 0.0981. The van der Waals surface area contributed by atoms with Gasteiger partial charge in [0.25, 0.3) is 0 Å². The predicted octanol–water partition coefficient (Wildman–Crippen LogP) is 2.93. The summed E-state index contributed by atoms with van der Waals surface area (Å²) in [5.41, 5.74) is 0.793. The van der Waals surface area contributed by atoms with Crippen molar-refractivity contribution in [2.75, 3.05) is 6.54 Å².